The second-order valence-electron chi connectivity index (χ2n) is 5.44. The molecule has 0 spiro atoms. The largest absolute Gasteiger partial charge is 0.466 e. The third kappa shape index (κ3) is 4.47. The average molecular weight is 344 g/mol. The molecule has 2 rings (SSSR count). The topological polar surface area (TPSA) is 58.6 Å². The predicted molar refractivity (Wildman–Crippen MR) is 79.9 cm³/mol. The smallest absolute Gasteiger partial charge is 0.416 e. The highest BCUT2D eigenvalue weighted by Gasteiger charge is 2.36. The van der Waals surface area contributed by atoms with E-state index in [-0.39, 0.29) is 31.0 Å². The fraction of sp³-hybridized carbons (Fsp3) is 0.500. The van der Waals surface area contributed by atoms with E-state index in [0.29, 0.717) is 13.1 Å². The molecule has 1 aromatic rings. The van der Waals surface area contributed by atoms with Crippen LogP contribution in [0.25, 0.3) is 0 Å². The highest BCUT2D eigenvalue weighted by Crippen LogP contribution is 2.32. The van der Waals surface area contributed by atoms with Crippen molar-refractivity contribution in [2.75, 3.05) is 19.7 Å². The Bertz CT molecular complexity index is 604. The number of ether oxygens (including phenoxy) is 1. The lowest BCUT2D eigenvalue weighted by Crippen LogP contribution is -2.55. The minimum absolute atomic E-state index is 0.0623. The van der Waals surface area contributed by atoms with Gasteiger partial charge in [-0.2, -0.15) is 13.2 Å². The zero-order valence-electron chi connectivity index (χ0n) is 13.2. The van der Waals surface area contributed by atoms with Crippen LogP contribution in [0.2, 0.25) is 0 Å². The summed E-state index contributed by atoms with van der Waals surface area (Å²) in [6.45, 7) is 2.46. The lowest BCUT2D eigenvalue weighted by Gasteiger charge is -2.35. The molecule has 1 atom stereocenters. The van der Waals surface area contributed by atoms with Gasteiger partial charge in [0.05, 0.1) is 18.6 Å². The van der Waals surface area contributed by atoms with Crippen molar-refractivity contribution in [3.8, 4) is 0 Å². The number of nitrogens with zero attached hydrogens (tertiary/aromatic N) is 1. The maximum absolute atomic E-state index is 13.1. The van der Waals surface area contributed by atoms with Gasteiger partial charge in [-0.25, -0.2) is 0 Å². The van der Waals surface area contributed by atoms with E-state index in [1.54, 1.807) is 11.8 Å². The second kappa shape index (κ2) is 7.65. The third-order valence-electron chi connectivity index (χ3n) is 3.80. The van der Waals surface area contributed by atoms with Gasteiger partial charge >= 0.3 is 12.1 Å². The number of hydrogen-bond donors (Lipinski definition) is 1. The molecule has 1 aliphatic heterocycles. The number of benzene rings is 1. The Hall–Kier alpha value is -2.09. The average Bonchev–Trinajstić information content (AvgIpc) is 2.50. The third-order valence-corrected chi connectivity index (χ3v) is 3.80. The number of halogens is 3. The molecule has 1 N–H and O–H groups in total. The van der Waals surface area contributed by atoms with E-state index < -0.39 is 23.8 Å². The summed E-state index contributed by atoms with van der Waals surface area (Å²) in [5, 5.41) is 2.63. The summed E-state index contributed by atoms with van der Waals surface area (Å²) in [5.41, 5.74) is -0.653. The Balaban J connectivity index is 2.20. The van der Waals surface area contributed by atoms with Crippen LogP contribution in [0.1, 0.15) is 24.5 Å². The number of nitrogens with one attached hydrogen (secondary N) is 1. The van der Waals surface area contributed by atoms with Crippen LogP contribution in [-0.4, -0.2) is 42.5 Å². The van der Waals surface area contributed by atoms with Crippen LogP contribution >= 0.6 is 0 Å². The SMILES string of the molecule is CCOC(=O)CC1C(=O)NCCN1Cc1ccccc1C(F)(F)F. The Morgan fingerprint density at radius 2 is 2.08 bits per heavy atom. The fourth-order valence-electron chi connectivity index (χ4n) is 2.70. The molecule has 0 bridgehead atoms. The number of carbonyl (C=O) groups is 2. The predicted octanol–water partition coefficient (Wildman–Crippen LogP) is 1.96. The van der Waals surface area contributed by atoms with Crippen molar-refractivity contribution < 1.29 is 27.5 Å². The number of esters is 1. The molecule has 0 saturated carbocycles. The number of hydrogen-bond acceptors (Lipinski definition) is 4. The lowest BCUT2D eigenvalue weighted by atomic mass is 10.0. The van der Waals surface area contributed by atoms with Crippen molar-refractivity contribution in [3.63, 3.8) is 0 Å². The first-order chi connectivity index (χ1) is 11.3. The minimum atomic E-state index is -4.47. The van der Waals surface area contributed by atoms with Crippen molar-refractivity contribution >= 4 is 11.9 Å². The zero-order chi connectivity index (χ0) is 17.7. The van der Waals surface area contributed by atoms with Crippen LogP contribution in [0.15, 0.2) is 24.3 Å². The second-order valence-corrected chi connectivity index (χ2v) is 5.44. The summed E-state index contributed by atoms with van der Waals surface area (Å²) in [5.74, 6) is -0.924. The summed E-state index contributed by atoms with van der Waals surface area (Å²) in [7, 11) is 0. The minimum Gasteiger partial charge on any atom is -0.466 e. The summed E-state index contributed by atoms with van der Waals surface area (Å²) in [4.78, 5) is 25.3. The standard InChI is InChI=1S/C16H19F3N2O3/c1-2-24-14(22)9-13-15(23)20-7-8-21(13)10-11-5-3-4-6-12(11)16(17,18)19/h3-6,13H,2,7-10H2,1H3,(H,20,23). The Kier molecular flexibility index (Phi) is 5.82. The lowest BCUT2D eigenvalue weighted by molar-refractivity contribution is -0.148. The van der Waals surface area contributed by atoms with Crippen LogP contribution in [0.5, 0.6) is 0 Å². The van der Waals surface area contributed by atoms with Crippen LogP contribution in [0.4, 0.5) is 13.2 Å². The Labute approximate surface area is 137 Å². The van der Waals surface area contributed by atoms with Gasteiger partial charge in [0, 0.05) is 19.6 Å². The molecule has 1 fully saturated rings. The van der Waals surface area contributed by atoms with E-state index in [2.05, 4.69) is 5.32 Å². The maximum atomic E-state index is 13.1. The number of carbonyl (C=O) groups excluding carboxylic acids is 2. The number of amides is 1. The van der Waals surface area contributed by atoms with E-state index in [9.17, 15) is 22.8 Å². The zero-order valence-corrected chi connectivity index (χ0v) is 13.2. The van der Waals surface area contributed by atoms with Gasteiger partial charge in [0.25, 0.3) is 0 Å². The van der Waals surface area contributed by atoms with Gasteiger partial charge in [-0.3, -0.25) is 14.5 Å². The quantitative estimate of drug-likeness (QED) is 0.830. The van der Waals surface area contributed by atoms with Crippen molar-refractivity contribution in [1.82, 2.24) is 10.2 Å². The summed E-state index contributed by atoms with van der Waals surface area (Å²) < 4.78 is 44.2. The van der Waals surface area contributed by atoms with Crippen LogP contribution in [-0.2, 0) is 27.0 Å². The van der Waals surface area contributed by atoms with Gasteiger partial charge in [0.2, 0.25) is 5.91 Å². The van der Waals surface area contributed by atoms with Gasteiger partial charge in [-0.15, -0.1) is 0 Å². The molecule has 0 aliphatic carbocycles. The molecule has 0 radical (unpaired) electrons. The van der Waals surface area contributed by atoms with Gasteiger partial charge in [-0.1, -0.05) is 18.2 Å². The van der Waals surface area contributed by atoms with Crippen LogP contribution < -0.4 is 5.32 Å². The van der Waals surface area contributed by atoms with E-state index in [0.717, 1.165) is 6.07 Å². The molecular weight excluding hydrogens is 325 g/mol. The monoisotopic (exact) mass is 344 g/mol. The molecule has 24 heavy (non-hydrogen) atoms. The molecule has 1 heterocycles. The first-order valence-electron chi connectivity index (χ1n) is 7.65. The number of piperazine rings is 1. The molecule has 1 amide bonds. The van der Waals surface area contributed by atoms with Gasteiger partial charge in [0.15, 0.2) is 0 Å². The molecule has 1 saturated heterocycles. The molecular formula is C16H19F3N2O3. The van der Waals surface area contributed by atoms with E-state index in [1.807, 2.05) is 0 Å². The highest BCUT2D eigenvalue weighted by atomic mass is 19.4. The van der Waals surface area contributed by atoms with Crippen molar-refractivity contribution in [3.05, 3.63) is 35.4 Å². The van der Waals surface area contributed by atoms with Gasteiger partial charge in [-0.05, 0) is 18.6 Å². The van der Waals surface area contributed by atoms with Crippen LogP contribution in [0, 0.1) is 0 Å². The molecule has 1 aromatic carbocycles. The van der Waals surface area contributed by atoms with Crippen molar-refractivity contribution in [2.24, 2.45) is 0 Å². The first-order valence-corrected chi connectivity index (χ1v) is 7.65. The molecule has 5 nitrogen and oxygen atoms in total. The molecule has 0 aromatic heterocycles. The van der Waals surface area contributed by atoms with Gasteiger partial charge < -0.3 is 10.1 Å². The van der Waals surface area contributed by atoms with E-state index >= 15 is 0 Å². The molecule has 8 heteroatoms. The normalized spacial score (nSPS) is 19.0. The number of rotatable bonds is 5. The Morgan fingerprint density at radius 3 is 2.75 bits per heavy atom. The molecule has 132 valence electrons. The molecule has 1 unspecified atom stereocenters. The van der Waals surface area contributed by atoms with Crippen LogP contribution in [0.3, 0.4) is 0 Å². The summed E-state index contributed by atoms with van der Waals surface area (Å²) in [6, 6.07) is 4.41. The Morgan fingerprint density at radius 1 is 1.38 bits per heavy atom. The summed E-state index contributed by atoms with van der Waals surface area (Å²) in [6.07, 6.45) is -4.65. The highest BCUT2D eigenvalue weighted by molar-refractivity contribution is 5.87. The molecule has 1 aliphatic rings. The van der Waals surface area contributed by atoms with Gasteiger partial charge in [0.1, 0.15) is 6.04 Å². The summed E-state index contributed by atoms with van der Waals surface area (Å²) >= 11 is 0. The van der Waals surface area contributed by atoms with E-state index in [1.165, 1.54) is 18.2 Å². The van der Waals surface area contributed by atoms with E-state index in [4.69, 9.17) is 4.74 Å². The number of alkyl halides is 3. The van der Waals surface area contributed by atoms with Crippen molar-refractivity contribution in [1.29, 1.82) is 0 Å². The van der Waals surface area contributed by atoms with Crippen molar-refractivity contribution in [2.45, 2.75) is 32.1 Å². The first kappa shape index (κ1) is 18.3. The fourth-order valence-corrected chi connectivity index (χ4v) is 2.70. The maximum Gasteiger partial charge on any atom is 0.416 e.